The van der Waals surface area contributed by atoms with E-state index in [0.29, 0.717) is 24.8 Å². The smallest absolute Gasteiger partial charge is 0.274 e. The third-order valence-electron chi connectivity index (χ3n) is 3.66. The summed E-state index contributed by atoms with van der Waals surface area (Å²) in [4.78, 5) is 21.3. The Kier molecular flexibility index (Phi) is 6.09. The molecular weight excluding hydrogens is 316 g/mol. The van der Waals surface area contributed by atoms with Gasteiger partial charge in [-0.05, 0) is 30.0 Å². The van der Waals surface area contributed by atoms with Gasteiger partial charge in [-0.15, -0.1) is 0 Å². The van der Waals surface area contributed by atoms with Crippen LogP contribution in [-0.2, 0) is 10.2 Å². The minimum Gasteiger partial charge on any atom is -0.383 e. The molecule has 0 radical (unpaired) electrons. The van der Waals surface area contributed by atoms with Crippen molar-refractivity contribution in [3.63, 3.8) is 0 Å². The largest absolute Gasteiger partial charge is 0.383 e. The molecule has 6 nitrogen and oxygen atoms in total. The lowest BCUT2D eigenvalue weighted by molar-refractivity contribution is 0.102. The fraction of sp³-hybridized carbons (Fsp3) is 0.421. The van der Waals surface area contributed by atoms with Gasteiger partial charge in [-0.1, -0.05) is 39.0 Å². The molecule has 2 rings (SSSR count). The molecule has 0 spiro atoms. The Morgan fingerprint density at radius 3 is 2.60 bits per heavy atom. The van der Waals surface area contributed by atoms with Gasteiger partial charge in [-0.25, -0.2) is 9.97 Å². The predicted octanol–water partition coefficient (Wildman–Crippen LogP) is 3.39. The van der Waals surface area contributed by atoms with Crippen LogP contribution in [-0.4, -0.2) is 36.1 Å². The molecule has 134 valence electrons. The maximum Gasteiger partial charge on any atom is 0.274 e. The summed E-state index contributed by atoms with van der Waals surface area (Å²) in [5.41, 5.74) is 2.86. The highest BCUT2D eigenvalue weighted by atomic mass is 16.5. The van der Waals surface area contributed by atoms with Crippen LogP contribution >= 0.6 is 0 Å². The third kappa shape index (κ3) is 5.26. The fourth-order valence-corrected chi connectivity index (χ4v) is 2.46. The normalized spacial score (nSPS) is 11.2. The van der Waals surface area contributed by atoms with Gasteiger partial charge in [0.25, 0.3) is 5.91 Å². The van der Waals surface area contributed by atoms with E-state index in [-0.39, 0.29) is 11.3 Å². The van der Waals surface area contributed by atoms with E-state index >= 15 is 0 Å². The zero-order valence-electron chi connectivity index (χ0n) is 15.5. The number of anilines is 2. The minimum atomic E-state index is -0.253. The topological polar surface area (TPSA) is 76.1 Å². The Bertz CT molecular complexity index is 738. The van der Waals surface area contributed by atoms with Gasteiger partial charge in [0.1, 0.15) is 5.69 Å². The monoisotopic (exact) mass is 342 g/mol. The molecule has 0 fully saturated rings. The van der Waals surface area contributed by atoms with Crippen molar-refractivity contribution >= 4 is 17.5 Å². The van der Waals surface area contributed by atoms with Crippen molar-refractivity contribution in [1.29, 1.82) is 0 Å². The van der Waals surface area contributed by atoms with Crippen molar-refractivity contribution < 1.29 is 9.53 Å². The molecule has 1 aromatic carbocycles. The summed E-state index contributed by atoms with van der Waals surface area (Å²) in [5.74, 6) is 0.170. The van der Waals surface area contributed by atoms with E-state index in [1.807, 2.05) is 31.2 Å². The average Bonchev–Trinajstić information content (AvgIpc) is 2.54. The molecule has 1 aromatic heterocycles. The van der Waals surface area contributed by atoms with Crippen LogP contribution in [0.4, 0.5) is 11.6 Å². The van der Waals surface area contributed by atoms with Crippen LogP contribution < -0.4 is 10.6 Å². The predicted molar refractivity (Wildman–Crippen MR) is 100 cm³/mol. The standard InChI is InChI=1S/C19H26N4O2/c1-13-12-16(23-18(21-13)20-10-11-25-5)17(24)22-15-9-7-6-8-14(15)19(2,3)4/h6-9,12H,10-11H2,1-5H3,(H,22,24)(H,20,21,23). The van der Waals surface area contributed by atoms with E-state index in [0.717, 1.165) is 16.9 Å². The number of rotatable bonds is 6. The third-order valence-corrected chi connectivity index (χ3v) is 3.66. The molecule has 0 bridgehead atoms. The maximum atomic E-state index is 12.7. The van der Waals surface area contributed by atoms with Gasteiger partial charge in [0.2, 0.25) is 5.95 Å². The fourth-order valence-electron chi connectivity index (χ4n) is 2.46. The second kappa shape index (κ2) is 8.07. The summed E-state index contributed by atoms with van der Waals surface area (Å²) in [7, 11) is 1.63. The summed E-state index contributed by atoms with van der Waals surface area (Å²) in [6.45, 7) is 9.30. The molecule has 0 aliphatic heterocycles. The number of carbonyl (C=O) groups excluding carboxylic acids is 1. The molecule has 25 heavy (non-hydrogen) atoms. The Labute approximate surface area is 149 Å². The van der Waals surface area contributed by atoms with E-state index in [1.165, 1.54) is 0 Å². The molecular formula is C19H26N4O2. The van der Waals surface area contributed by atoms with Gasteiger partial charge in [-0.3, -0.25) is 4.79 Å². The zero-order valence-corrected chi connectivity index (χ0v) is 15.5. The average molecular weight is 342 g/mol. The maximum absolute atomic E-state index is 12.7. The van der Waals surface area contributed by atoms with E-state index < -0.39 is 0 Å². The Hall–Kier alpha value is -2.47. The van der Waals surface area contributed by atoms with Crippen LogP contribution in [0.15, 0.2) is 30.3 Å². The Morgan fingerprint density at radius 2 is 1.92 bits per heavy atom. The number of nitrogens with one attached hydrogen (secondary N) is 2. The SMILES string of the molecule is COCCNc1nc(C)cc(C(=O)Nc2ccccc2C(C)(C)C)n1. The summed E-state index contributed by atoms with van der Waals surface area (Å²) >= 11 is 0. The quantitative estimate of drug-likeness (QED) is 0.787. The molecule has 1 amide bonds. The van der Waals surface area contributed by atoms with Crippen molar-refractivity contribution in [3.8, 4) is 0 Å². The molecule has 0 aliphatic carbocycles. The van der Waals surface area contributed by atoms with Crippen molar-refractivity contribution in [3.05, 3.63) is 47.3 Å². The molecule has 1 heterocycles. The van der Waals surface area contributed by atoms with Crippen LogP contribution in [0.3, 0.4) is 0 Å². The van der Waals surface area contributed by atoms with Crippen molar-refractivity contribution in [2.75, 3.05) is 30.9 Å². The summed E-state index contributed by atoms with van der Waals surface area (Å²) in [5, 5.41) is 6.03. The second-order valence-electron chi connectivity index (χ2n) is 6.89. The van der Waals surface area contributed by atoms with E-state index in [1.54, 1.807) is 13.2 Å². The number of aryl methyl sites for hydroxylation is 1. The first-order valence-corrected chi connectivity index (χ1v) is 8.30. The number of para-hydroxylation sites is 1. The number of amides is 1. The number of hydrogen-bond acceptors (Lipinski definition) is 5. The van der Waals surface area contributed by atoms with Crippen LogP contribution in [0.5, 0.6) is 0 Å². The molecule has 2 N–H and O–H groups in total. The number of methoxy groups -OCH3 is 1. The number of benzene rings is 1. The first-order valence-electron chi connectivity index (χ1n) is 8.30. The van der Waals surface area contributed by atoms with Crippen LogP contribution in [0, 0.1) is 6.92 Å². The Balaban J connectivity index is 2.22. The van der Waals surface area contributed by atoms with Gasteiger partial charge in [0.15, 0.2) is 0 Å². The number of ether oxygens (including phenoxy) is 1. The number of aromatic nitrogens is 2. The molecule has 0 saturated carbocycles. The van der Waals surface area contributed by atoms with Crippen LogP contribution in [0.25, 0.3) is 0 Å². The van der Waals surface area contributed by atoms with Gasteiger partial charge in [-0.2, -0.15) is 0 Å². The van der Waals surface area contributed by atoms with Gasteiger partial charge in [0, 0.05) is 25.0 Å². The number of nitrogens with zero attached hydrogens (tertiary/aromatic N) is 2. The van der Waals surface area contributed by atoms with Crippen molar-refractivity contribution in [2.24, 2.45) is 0 Å². The summed E-state index contributed by atoms with van der Waals surface area (Å²) in [6, 6.07) is 9.50. The zero-order chi connectivity index (χ0) is 18.4. The van der Waals surface area contributed by atoms with Crippen molar-refractivity contribution in [1.82, 2.24) is 9.97 Å². The minimum absolute atomic E-state index is 0.0711. The lowest BCUT2D eigenvalue weighted by Gasteiger charge is -2.23. The van der Waals surface area contributed by atoms with Gasteiger partial charge >= 0.3 is 0 Å². The van der Waals surface area contributed by atoms with Crippen molar-refractivity contribution in [2.45, 2.75) is 33.1 Å². The molecule has 0 atom stereocenters. The first-order chi connectivity index (χ1) is 11.8. The van der Waals surface area contributed by atoms with Gasteiger partial charge < -0.3 is 15.4 Å². The van der Waals surface area contributed by atoms with Crippen LogP contribution in [0.2, 0.25) is 0 Å². The highest BCUT2D eigenvalue weighted by Gasteiger charge is 2.19. The lowest BCUT2D eigenvalue weighted by Crippen LogP contribution is -2.20. The molecule has 0 aliphatic rings. The number of hydrogen-bond donors (Lipinski definition) is 2. The molecule has 0 saturated heterocycles. The second-order valence-corrected chi connectivity index (χ2v) is 6.89. The van der Waals surface area contributed by atoms with Gasteiger partial charge in [0.05, 0.1) is 6.61 Å². The van der Waals surface area contributed by atoms with Crippen LogP contribution in [0.1, 0.15) is 42.5 Å². The lowest BCUT2D eigenvalue weighted by atomic mass is 9.86. The summed E-state index contributed by atoms with van der Waals surface area (Å²) < 4.78 is 5.00. The van der Waals surface area contributed by atoms with E-state index in [9.17, 15) is 4.79 Å². The molecule has 6 heteroatoms. The van der Waals surface area contributed by atoms with E-state index in [4.69, 9.17) is 4.74 Å². The van der Waals surface area contributed by atoms with E-state index in [2.05, 4.69) is 41.4 Å². The highest BCUT2D eigenvalue weighted by Crippen LogP contribution is 2.29. The highest BCUT2D eigenvalue weighted by molar-refractivity contribution is 6.03. The summed E-state index contributed by atoms with van der Waals surface area (Å²) in [6.07, 6.45) is 0. The Morgan fingerprint density at radius 1 is 1.20 bits per heavy atom. The molecule has 2 aromatic rings. The molecule has 0 unspecified atom stereocenters. The first kappa shape index (κ1) is 18.9. The number of carbonyl (C=O) groups is 1.